The van der Waals surface area contributed by atoms with Crippen molar-refractivity contribution < 1.29 is 40.3 Å². The maximum atomic E-state index is 15.6. The lowest BCUT2D eigenvalue weighted by Gasteiger charge is -2.25. The molecule has 0 bridgehead atoms. The number of nitrogens with one attached hydrogen (secondary N) is 1. The molecule has 0 heterocycles. The molecule has 0 spiro atoms. The van der Waals surface area contributed by atoms with E-state index in [0.717, 1.165) is 19.1 Å². The fourth-order valence-corrected chi connectivity index (χ4v) is 4.52. The fraction of sp³-hybridized carbons (Fsp3) is 0.333. The Kier molecular flexibility index (Phi) is 8.65. The molecular weight excluding hydrogens is 588 g/mol. The third-order valence-corrected chi connectivity index (χ3v) is 7.02. The van der Waals surface area contributed by atoms with E-state index in [1.54, 1.807) is 0 Å². The van der Waals surface area contributed by atoms with E-state index in [1.807, 2.05) is 0 Å². The van der Waals surface area contributed by atoms with Crippen LogP contribution >= 0.6 is 34.8 Å². The van der Waals surface area contributed by atoms with Crippen LogP contribution in [0.15, 0.2) is 30.3 Å². The number of carbonyl (C=O) groups excluding carboxylic acids is 2. The van der Waals surface area contributed by atoms with Crippen molar-refractivity contribution in [1.29, 1.82) is 0 Å². The molecule has 0 aromatic heterocycles. The van der Waals surface area contributed by atoms with E-state index < -0.39 is 75.7 Å². The van der Waals surface area contributed by atoms with Gasteiger partial charge in [-0.05, 0) is 55.2 Å². The summed E-state index contributed by atoms with van der Waals surface area (Å²) >= 11 is 17.4. The number of hydrogen-bond donors (Lipinski definition) is 2. The van der Waals surface area contributed by atoms with Gasteiger partial charge in [-0.3, -0.25) is 9.59 Å². The summed E-state index contributed by atoms with van der Waals surface area (Å²) in [4.78, 5) is 24.1. The Bertz CT molecular complexity index is 1280. The van der Waals surface area contributed by atoms with E-state index in [2.05, 4.69) is 5.32 Å². The Labute approximate surface area is 226 Å². The van der Waals surface area contributed by atoms with E-state index >= 15 is 4.39 Å². The number of carbonyl (C=O) groups is 2. The molecule has 0 radical (unpaired) electrons. The van der Waals surface area contributed by atoms with Gasteiger partial charge in [0.05, 0.1) is 32.2 Å². The molecule has 0 aliphatic heterocycles. The Balaban J connectivity index is 2.26. The first-order valence-corrected chi connectivity index (χ1v) is 12.0. The van der Waals surface area contributed by atoms with E-state index in [9.17, 15) is 35.9 Å². The standard InChI is InChI=1S/C24H18Cl3F7N2O2/c1-9(36-22(38)10-2-3-10)18-12(4-5-13(21(35)37)19(18)24(32,33)34)17(28)8-14(23(29,30)31)11-6-15(25)20(27)16(26)7-11/h4-10,14H,2-3H2,1H3,(H2,35,37)(H,36,38)/b17-8-/t9-,14?/m1/s1. The summed E-state index contributed by atoms with van der Waals surface area (Å²) in [5.74, 6) is -7.00. The smallest absolute Gasteiger partial charge is 0.366 e. The highest BCUT2D eigenvalue weighted by atomic mass is 35.5. The van der Waals surface area contributed by atoms with Gasteiger partial charge in [-0.15, -0.1) is 0 Å². The SMILES string of the molecule is C[C@@H](NC(=O)C1CC1)c1c(/C(F)=C/C(c2cc(Cl)c(Cl)c(Cl)c2)C(F)(F)F)ccc(C(N)=O)c1C(F)(F)F. The normalized spacial score (nSPS) is 16.2. The minimum absolute atomic E-state index is 0.0499. The van der Waals surface area contributed by atoms with Gasteiger partial charge in [-0.1, -0.05) is 40.9 Å². The maximum Gasteiger partial charge on any atom is 0.417 e. The average Bonchev–Trinajstić information content (AvgIpc) is 3.63. The molecule has 0 saturated heterocycles. The van der Waals surface area contributed by atoms with Crippen LogP contribution < -0.4 is 11.1 Å². The summed E-state index contributed by atoms with van der Waals surface area (Å²) in [5, 5.41) is 1.34. The molecule has 1 unspecified atom stereocenters. The van der Waals surface area contributed by atoms with Crippen LogP contribution in [-0.4, -0.2) is 18.0 Å². The predicted octanol–water partition coefficient (Wildman–Crippen LogP) is 8.01. The molecule has 2 aromatic carbocycles. The van der Waals surface area contributed by atoms with Crippen LogP contribution in [0.3, 0.4) is 0 Å². The van der Waals surface area contributed by atoms with Gasteiger partial charge in [-0.2, -0.15) is 26.3 Å². The summed E-state index contributed by atoms with van der Waals surface area (Å²) < 4.78 is 100.0. The lowest BCUT2D eigenvalue weighted by atomic mass is 9.88. The van der Waals surface area contributed by atoms with Crippen LogP contribution in [-0.2, 0) is 11.0 Å². The van der Waals surface area contributed by atoms with Crippen molar-refractivity contribution in [1.82, 2.24) is 5.32 Å². The van der Waals surface area contributed by atoms with Crippen LogP contribution in [0.5, 0.6) is 0 Å². The van der Waals surface area contributed by atoms with E-state index in [-0.39, 0.29) is 21.1 Å². The molecule has 2 atom stereocenters. The van der Waals surface area contributed by atoms with Gasteiger partial charge >= 0.3 is 12.4 Å². The number of allylic oxidation sites excluding steroid dienone is 1. The summed E-state index contributed by atoms with van der Waals surface area (Å²) in [6.07, 6.45) is -9.38. The zero-order valence-corrected chi connectivity index (χ0v) is 21.5. The quantitative estimate of drug-likeness (QED) is 0.248. The molecule has 14 heteroatoms. The molecule has 206 valence electrons. The molecule has 1 aliphatic rings. The summed E-state index contributed by atoms with van der Waals surface area (Å²) in [7, 11) is 0. The van der Waals surface area contributed by atoms with Crippen LogP contribution in [0.2, 0.25) is 15.1 Å². The number of rotatable bonds is 7. The van der Waals surface area contributed by atoms with Gasteiger partial charge in [0, 0.05) is 11.5 Å². The Morgan fingerprint density at radius 2 is 1.55 bits per heavy atom. The van der Waals surface area contributed by atoms with E-state index in [1.165, 1.54) is 0 Å². The lowest BCUT2D eigenvalue weighted by Crippen LogP contribution is -2.31. The van der Waals surface area contributed by atoms with Gasteiger partial charge < -0.3 is 11.1 Å². The Morgan fingerprint density at radius 3 is 2.00 bits per heavy atom. The number of hydrogen-bond acceptors (Lipinski definition) is 2. The van der Waals surface area contributed by atoms with Crippen molar-refractivity contribution in [2.75, 3.05) is 0 Å². The van der Waals surface area contributed by atoms with Crippen molar-refractivity contribution in [3.63, 3.8) is 0 Å². The molecule has 3 N–H and O–H groups in total. The van der Waals surface area contributed by atoms with E-state index in [0.29, 0.717) is 25.0 Å². The van der Waals surface area contributed by atoms with Gasteiger partial charge in [0.2, 0.25) is 11.8 Å². The van der Waals surface area contributed by atoms with Crippen molar-refractivity contribution in [3.8, 4) is 0 Å². The minimum Gasteiger partial charge on any atom is -0.366 e. The molecule has 4 nitrogen and oxygen atoms in total. The molecule has 1 saturated carbocycles. The number of amides is 2. The first-order valence-electron chi connectivity index (χ1n) is 10.9. The second kappa shape index (κ2) is 10.9. The molecule has 2 amide bonds. The zero-order chi connectivity index (χ0) is 28.7. The number of halogens is 10. The first kappa shape index (κ1) is 30.0. The summed E-state index contributed by atoms with van der Waals surface area (Å²) in [5.41, 5.74) is -0.121. The van der Waals surface area contributed by atoms with Gasteiger partial charge in [0.1, 0.15) is 11.7 Å². The highest BCUT2D eigenvalue weighted by Crippen LogP contribution is 2.45. The first-order chi connectivity index (χ1) is 17.4. The Hall–Kier alpha value is -2.50. The van der Waals surface area contributed by atoms with Crippen LogP contribution in [0.1, 0.15) is 64.3 Å². The number of benzene rings is 2. The molecule has 1 aliphatic carbocycles. The average molecular weight is 606 g/mol. The largest absolute Gasteiger partial charge is 0.417 e. The minimum atomic E-state index is -5.28. The monoisotopic (exact) mass is 604 g/mol. The second-order valence-electron chi connectivity index (χ2n) is 8.65. The van der Waals surface area contributed by atoms with Crippen LogP contribution in [0.4, 0.5) is 30.7 Å². The molecule has 1 fully saturated rings. The predicted molar refractivity (Wildman–Crippen MR) is 129 cm³/mol. The van der Waals surface area contributed by atoms with E-state index in [4.69, 9.17) is 40.5 Å². The van der Waals surface area contributed by atoms with Gasteiger partial charge in [0.25, 0.3) is 0 Å². The summed E-state index contributed by atoms with van der Waals surface area (Å²) in [6, 6.07) is 1.30. The van der Waals surface area contributed by atoms with Crippen LogP contribution in [0.25, 0.3) is 5.83 Å². The van der Waals surface area contributed by atoms with Crippen molar-refractivity contribution in [2.24, 2.45) is 11.7 Å². The van der Waals surface area contributed by atoms with Gasteiger partial charge in [0.15, 0.2) is 0 Å². The molecule has 2 aromatic rings. The maximum absolute atomic E-state index is 15.6. The molecule has 38 heavy (non-hydrogen) atoms. The second-order valence-corrected chi connectivity index (χ2v) is 9.84. The van der Waals surface area contributed by atoms with Crippen LogP contribution in [0, 0.1) is 5.92 Å². The van der Waals surface area contributed by atoms with Crippen molar-refractivity contribution in [3.05, 3.63) is 73.2 Å². The third-order valence-electron chi connectivity index (χ3n) is 5.82. The third kappa shape index (κ3) is 6.55. The number of primary amides is 1. The molecular formula is C24H18Cl3F7N2O2. The zero-order valence-electron chi connectivity index (χ0n) is 19.2. The number of nitrogens with two attached hydrogens (primary N) is 1. The summed E-state index contributed by atoms with van der Waals surface area (Å²) in [6.45, 7) is 1.09. The number of alkyl halides is 6. The van der Waals surface area contributed by atoms with Gasteiger partial charge in [-0.25, -0.2) is 4.39 Å². The highest BCUT2D eigenvalue weighted by Gasteiger charge is 2.43. The fourth-order valence-electron chi connectivity index (χ4n) is 3.91. The molecule has 3 rings (SSSR count). The Morgan fingerprint density at radius 1 is 1.03 bits per heavy atom. The topological polar surface area (TPSA) is 72.2 Å². The highest BCUT2D eigenvalue weighted by molar-refractivity contribution is 6.48. The van der Waals surface area contributed by atoms with Crippen molar-refractivity contribution >= 4 is 52.4 Å². The lowest BCUT2D eigenvalue weighted by molar-refractivity contribution is -0.140. The van der Waals surface area contributed by atoms with Crippen molar-refractivity contribution in [2.45, 2.75) is 44.1 Å².